The van der Waals surface area contributed by atoms with Gasteiger partial charge in [0.05, 0.1) is 17.6 Å². The summed E-state index contributed by atoms with van der Waals surface area (Å²) in [7, 11) is 1.90. The average molecular weight is 239 g/mol. The van der Waals surface area contributed by atoms with Crippen LogP contribution >= 0.6 is 0 Å². The van der Waals surface area contributed by atoms with Crippen molar-refractivity contribution < 1.29 is 0 Å². The first kappa shape index (κ1) is 10.9. The van der Waals surface area contributed by atoms with E-state index in [0.29, 0.717) is 0 Å². The summed E-state index contributed by atoms with van der Waals surface area (Å²) in [5.74, 6) is 0. The maximum atomic E-state index is 4.55. The van der Waals surface area contributed by atoms with Crippen molar-refractivity contribution in [3.05, 3.63) is 48.5 Å². The Morgan fingerprint density at radius 3 is 2.78 bits per heavy atom. The highest BCUT2D eigenvalue weighted by molar-refractivity contribution is 5.59. The van der Waals surface area contributed by atoms with E-state index in [1.807, 2.05) is 42.0 Å². The fourth-order valence-corrected chi connectivity index (χ4v) is 1.87. The molecular weight excluding hydrogens is 226 g/mol. The first-order valence-electron chi connectivity index (χ1n) is 5.77. The molecule has 0 spiro atoms. The maximum absolute atomic E-state index is 4.55. The summed E-state index contributed by atoms with van der Waals surface area (Å²) in [5, 5.41) is 7.63. The third kappa shape index (κ3) is 1.96. The standard InChI is InChI=1S/C13H13N5/c1-14-8-11-9-18-13(16-11)3-2-12(17-18)10-4-6-15-7-5-10/h2-7,9,14H,8H2,1H3. The molecule has 0 aliphatic heterocycles. The van der Waals surface area contributed by atoms with E-state index in [1.165, 1.54) is 0 Å². The molecule has 0 saturated carbocycles. The molecule has 0 amide bonds. The second-order valence-electron chi connectivity index (χ2n) is 4.02. The first-order valence-corrected chi connectivity index (χ1v) is 5.77. The highest BCUT2D eigenvalue weighted by atomic mass is 15.2. The van der Waals surface area contributed by atoms with E-state index in [4.69, 9.17) is 0 Å². The van der Waals surface area contributed by atoms with E-state index in [0.717, 1.165) is 29.1 Å². The zero-order chi connectivity index (χ0) is 12.4. The Morgan fingerprint density at radius 1 is 1.17 bits per heavy atom. The van der Waals surface area contributed by atoms with E-state index in [-0.39, 0.29) is 0 Å². The molecule has 3 aromatic rings. The number of rotatable bonds is 3. The molecule has 3 heterocycles. The van der Waals surface area contributed by atoms with Gasteiger partial charge >= 0.3 is 0 Å². The van der Waals surface area contributed by atoms with Crippen molar-refractivity contribution in [2.24, 2.45) is 0 Å². The van der Waals surface area contributed by atoms with Gasteiger partial charge in [-0.25, -0.2) is 9.50 Å². The summed E-state index contributed by atoms with van der Waals surface area (Å²) >= 11 is 0. The summed E-state index contributed by atoms with van der Waals surface area (Å²) in [5.41, 5.74) is 3.81. The van der Waals surface area contributed by atoms with Crippen LogP contribution in [0.5, 0.6) is 0 Å². The molecule has 0 bridgehead atoms. The van der Waals surface area contributed by atoms with Crippen molar-refractivity contribution >= 4 is 5.65 Å². The first-order chi connectivity index (χ1) is 8.86. The van der Waals surface area contributed by atoms with Crippen LogP contribution in [0.15, 0.2) is 42.9 Å². The Kier molecular flexibility index (Phi) is 2.74. The lowest BCUT2D eigenvalue weighted by molar-refractivity contribution is 0.796. The summed E-state index contributed by atoms with van der Waals surface area (Å²) < 4.78 is 1.81. The van der Waals surface area contributed by atoms with Gasteiger partial charge in [0.2, 0.25) is 0 Å². The van der Waals surface area contributed by atoms with Gasteiger partial charge in [0.1, 0.15) is 0 Å². The van der Waals surface area contributed by atoms with Crippen LogP contribution in [0.25, 0.3) is 16.9 Å². The lowest BCUT2D eigenvalue weighted by atomic mass is 10.2. The minimum atomic E-state index is 0.744. The molecule has 0 atom stereocenters. The molecule has 18 heavy (non-hydrogen) atoms. The van der Waals surface area contributed by atoms with Gasteiger partial charge < -0.3 is 5.32 Å². The molecule has 0 unspecified atom stereocenters. The Hall–Kier alpha value is -2.27. The van der Waals surface area contributed by atoms with E-state index in [2.05, 4.69) is 20.4 Å². The third-order valence-electron chi connectivity index (χ3n) is 2.70. The molecule has 0 saturated heterocycles. The molecule has 0 aliphatic rings. The molecule has 3 aromatic heterocycles. The van der Waals surface area contributed by atoms with Gasteiger partial charge in [-0.2, -0.15) is 5.10 Å². The molecule has 0 aliphatic carbocycles. The minimum Gasteiger partial charge on any atom is -0.314 e. The van der Waals surface area contributed by atoms with E-state index in [9.17, 15) is 0 Å². The van der Waals surface area contributed by atoms with Gasteiger partial charge in [-0.1, -0.05) is 0 Å². The van der Waals surface area contributed by atoms with E-state index < -0.39 is 0 Å². The van der Waals surface area contributed by atoms with Crippen molar-refractivity contribution in [1.82, 2.24) is 24.9 Å². The number of fused-ring (bicyclic) bond motifs is 1. The molecule has 0 fully saturated rings. The Labute approximate surface area is 105 Å². The van der Waals surface area contributed by atoms with Gasteiger partial charge in [-0.05, 0) is 31.3 Å². The third-order valence-corrected chi connectivity index (χ3v) is 2.70. The predicted molar refractivity (Wildman–Crippen MR) is 69.0 cm³/mol. The maximum Gasteiger partial charge on any atom is 0.153 e. The van der Waals surface area contributed by atoms with Crippen molar-refractivity contribution in [1.29, 1.82) is 0 Å². The fraction of sp³-hybridized carbons (Fsp3) is 0.154. The normalized spacial score (nSPS) is 10.9. The second kappa shape index (κ2) is 4.54. The summed E-state index contributed by atoms with van der Waals surface area (Å²) in [4.78, 5) is 8.47. The smallest absolute Gasteiger partial charge is 0.153 e. The Morgan fingerprint density at radius 2 is 2.00 bits per heavy atom. The van der Waals surface area contributed by atoms with Gasteiger partial charge in [-0.15, -0.1) is 0 Å². The second-order valence-corrected chi connectivity index (χ2v) is 4.02. The summed E-state index contributed by atoms with van der Waals surface area (Å²) in [6.07, 6.45) is 5.47. The number of nitrogens with one attached hydrogen (secondary N) is 1. The van der Waals surface area contributed by atoms with Gasteiger partial charge in [0.15, 0.2) is 5.65 Å². The number of nitrogens with zero attached hydrogens (tertiary/aromatic N) is 4. The molecule has 90 valence electrons. The molecule has 0 radical (unpaired) electrons. The summed E-state index contributed by atoms with van der Waals surface area (Å²) in [6.45, 7) is 0.744. The number of aromatic nitrogens is 4. The highest BCUT2D eigenvalue weighted by Crippen LogP contribution is 2.16. The molecular formula is C13H13N5. The molecule has 0 aromatic carbocycles. The minimum absolute atomic E-state index is 0.744. The van der Waals surface area contributed by atoms with Crippen LogP contribution < -0.4 is 5.32 Å². The van der Waals surface area contributed by atoms with Crippen molar-refractivity contribution in [3.63, 3.8) is 0 Å². The van der Waals surface area contributed by atoms with Crippen LogP contribution in [0.2, 0.25) is 0 Å². The van der Waals surface area contributed by atoms with Crippen molar-refractivity contribution in [3.8, 4) is 11.3 Å². The monoisotopic (exact) mass is 239 g/mol. The number of pyridine rings is 1. The average Bonchev–Trinajstić information content (AvgIpc) is 2.81. The number of hydrogen-bond acceptors (Lipinski definition) is 4. The quantitative estimate of drug-likeness (QED) is 0.752. The lowest BCUT2D eigenvalue weighted by Crippen LogP contribution is -2.04. The summed E-state index contributed by atoms with van der Waals surface area (Å²) in [6, 6.07) is 7.84. The van der Waals surface area contributed by atoms with Crippen LogP contribution in [0.3, 0.4) is 0 Å². The van der Waals surface area contributed by atoms with E-state index in [1.54, 1.807) is 12.4 Å². The van der Waals surface area contributed by atoms with Crippen LogP contribution in [0.4, 0.5) is 0 Å². The zero-order valence-corrected chi connectivity index (χ0v) is 10.0. The topological polar surface area (TPSA) is 55.1 Å². The highest BCUT2D eigenvalue weighted by Gasteiger charge is 2.04. The SMILES string of the molecule is CNCc1cn2nc(-c3ccncc3)ccc2n1. The van der Waals surface area contributed by atoms with Gasteiger partial charge in [-0.3, -0.25) is 4.98 Å². The van der Waals surface area contributed by atoms with Crippen LogP contribution in [0, 0.1) is 0 Å². The van der Waals surface area contributed by atoms with Crippen LogP contribution in [0.1, 0.15) is 5.69 Å². The van der Waals surface area contributed by atoms with Crippen molar-refractivity contribution in [2.75, 3.05) is 7.05 Å². The van der Waals surface area contributed by atoms with Crippen LogP contribution in [-0.4, -0.2) is 26.6 Å². The molecule has 3 rings (SSSR count). The lowest BCUT2D eigenvalue weighted by Gasteiger charge is -2.00. The number of hydrogen-bond donors (Lipinski definition) is 1. The predicted octanol–water partition coefficient (Wildman–Crippen LogP) is 1.51. The largest absolute Gasteiger partial charge is 0.314 e. The van der Waals surface area contributed by atoms with Gasteiger partial charge in [0.25, 0.3) is 0 Å². The zero-order valence-electron chi connectivity index (χ0n) is 10.0. The van der Waals surface area contributed by atoms with Crippen molar-refractivity contribution in [2.45, 2.75) is 6.54 Å². The molecule has 5 nitrogen and oxygen atoms in total. The Bertz CT molecular complexity index is 659. The fourth-order valence-electron chi connectivity index (χ4n) is 1.87. The molecule has 5 heteroatoms. The number of imidazole rings is 1. The molecule has 1 N–H and O–H groups in total. The van der Waals surface area contributed by atoms with E-state index >= 15 is 0 Å². The van der Waals surface area contributed by atoms with Gasteiger partial charge in [0, 0.05) is 24.5 Å². The Balaban J connectivity index is 2.05. The van der Waals surface area contributed by atoms with Crippen LogP contribution in [-0.2, 0) is 6.54 Å².